The van der Waals surface area contributed by atoms with Gasteiger partial charge in [0.2, 0.25) is 0 Å². The molecule has 1 unspecified atom stereocenters. The second kappa shape index (κ2) is 4.45. The van der Waals surface area contributed by atoms with Crippen molar-refractivity contribution in [1.82, 2.24) is 4.90 Å². The molecule has 0 aromatic carbocycles. The van der Waals surface area contributed by atoms with Crippen LogP contribution < -0.4 is 0 Å². The van der Waals surface area contributed by atoms with Crippen LogP contribution in [0.2, 0.25) is 0 Å². The van der Waals surface area contributed by atoms with Gasteiger partial charge in [0.25, 0.3) is 0 Å². The lowest BCUT2D eigenvalue weighted by Gasteiger charge is -2.30. The maximum Gasteiger partial charge on any atom is 0.303 e. The second-order valence-electron chi connectivity index (χ2n) is 3.50. The standard InChI is InChI=1S/C9H17NO2/c1-2-10-5-3-4-8(7-10)6-9(11)12/h8H,2-7H2,1H3,(H,11,12). The molecule has 1 atom stereocenters. The Kier molecular flexibility index (Phi) is 3.53. The molecule has 1 aliphatic heterocycles. The molecule has 1 N–H and O–H groups in total. The molecule has 0 radical (unpaired) electrons. The average molecular weight is 171 g/mol. The van der Waals surface area contributed by atoms with Gasteiger partial charge in [-0.3, -0.25) is 4.79 Å². The monoisotopic (exact) mass is 171 g/mol. The summed E-state index contributed by atoms with van der Waals surface area (Å²) in [5, 5.41) is 8.61. The molecule has 3 nitrogen and oxygen atoms in total. The maximum atomic E-state index is 10.4. The maximum absolute atomic E-state index is 10.4. The first-order valence-corrected chi connectivity index (χ1v) is 4.66. The summed E-state index contributed by atoms with van der Waals surface area (Å²) in [4.78, 5) is 12.8. The first-order chi connectivity index (χ1) is 5.72. The van der Waals surface area contributed by atoms with Crippen molar-refractivity contribution < 1.29 is 9.90 Å². The molecule has 70 valence electrons. The van der Waals surface area contributed by atoms with Crippen molar-refractivity contribution >= 4 is 5.97 Å². The van der Waals surface area contributed by atoms with Crippen molar-refractivity contribution in [2.75, 3.05) is 19.6 Å². The van der Waals surface area contributed by atoms with Gasteiger partial charge in [-0.15, -0.1) is 0 Å². The number of piperidine rings is 1. The van der Waals surface area contributed by atoms with E-state index in [2.05, 4.69) is 11.8 Å². The number of carboxylic acid groups (broad SMARTS) is 1. The summed E-state index contributed by atoms with van der Waals surface area (Å²) in [6.45, 7) is 5.30. The van der Waals surface area contributed by atoms with E-state index in [1.165, 1.54) is 0 Å². The van der Waals surface area contributed by atoms with Gasteiger partial charge in [-0.05, 0) is 31.8 Å². The van der Waals surface area contributed by atoms with Gasteiger partial charge in [-0.1, -0.05) is 6.92 Å². The minimum Gasteiger partial charge on any atom is -0.481 e. The number of hydrogen-bond acceptors (Lipinski definition) is 2. The van der Waals surface area contributed by atoms with Crippen LogP contribution in [0.25, 0.3) is 0 Å². The van der Waals surface area contributed by atoms with Gasteiger partial charge in [0.15, 0.2) is 0 Å². The lowest BCUT2D eigenvalue weighted by molar-refractivity contribution is -0.138. The predicted octanol–water partition coefficient (Wildman–Crippen LogP) is 1.19. The fourth-order valence-corrected chi connectivity index (χ4v) is 1.85. The molecule has 0 bridgehead atoms. The third-order valence-corrected chi connectivity index (χ3v) is 2.51. The Labute approximate surface area is 73.4 Å². The molecule has 0 saturated carbocycles. The van der Waals surface area contributed by atoms with Crippen molar-refractivity contribution in [2.45, 2.75) is 26.2 Å². The van der Waals surface area contributed by atoms with E-state index in [1.54, 1.807) is 0 Å². The topological polar surface area (TPSA) is 40.5 Å². The second-order valence-corrected chi connectivity index (χ2v) is 3.50. The normalized spacial score (nSPS) is 25.6. The molecule has 0 spiro atoms. The fraction of sp³-hybridized carbons (Fsp3) is 0.889. The van der Waals surface area contributed by atoms with Crippen LogP contribution >= 0.6 is 0 Å². The highest BCUT2D eigenvalue weighted by atomic mass is 16.4. The summed E-state index contributed by atoms with van der Waals surface area (Å²) in [5.41, 5.74) is 0. The Bertz CT molecular complexity index is 159. The van der Waals surface area contributed by atoms with Crippen LogP contribution in [0.15, 0.2) is 0 Å². The summed E-state index contributed by atoms with van der Waals surface area (Å²) in [5.74, 6) is -0.269. The molecule has 12 heavy (non-hydrogen) atoms. The summed E-state index contributed by atoms with van der Waals surface area (Å²) < 4.78 is 0. The smallest absolute Gasteiger partial charge is 0.303 e. The molecular weight excluding hydrogens is 154 g/mol. The molecule has 0 aliphatic carbocycles. The molecule has 1 fully saturated rings. The van der Waals surface area contributed by atoms with Crippen LogP contribution in [0.1, 0.15) is 26.2 Å². The molecule has 1 aliphatic rings. The zero-order valence-corrected chi connectivity index (χ0v) is 7.62. The molecular formula is C9H17NO2. The minimum absolute atomic E-state index is 0.344. The predicted molar refractivity (Wildman–Crippen MR) is 47.1 cm³/mol. The third-order valence-electron chi connectivity index (χ3n) is 2.51. The van der Waals surface area contributed by atoms with E-state index < -0.39 is 5.97 Å². The van der Waals surface area contributed by atoms with Gasteiger partial charge < -0.3 is 10.0 Å². The Morgan fingerprint density at radius 2 is 2.42 bits per heavy atom. The summed E-state index contributed by atoms with van der Waals surface area (Å²) in [6.07, 6.45) is 2.59. The summed E-state index contributed by atoms with van der Waals surface area (Å²) >= 11 is 0. The Balaban J connectivity index is 2.30. The Morgan fingerprint density at radius 1 is 1.67 bits per heavy atom. The number of hydrogen-bond donors (Lipinski definition) is 1. The van der Waals surface area contributed by atoms with Gasteiger partial charge >= 0.3 is 5.97 Å². The van der Waals surface area contributed by atoms with Crippen LogP contribution in [0.3, 0.4) is 0 Å². The van der Waals surface area contributed by atoms with E-state index in [-0.39, 0.29) is 0 Å². The zero-order valence-electron chi connectivity index (χ0n) is 7.62. The van der Waals surface area contributed by atoms with E-state index in [4.69, 9.17) is 5.11 Å². The largest absolute Gasteiger partial charge is 0.481 e. The molecule has 0 amide bonds. The number of carbonyl (C=O) groups is 1. The van der Waals surface area contributed by atoms with Gasteiger partial charge in [0, 0.05) is 13.0 Å². The summed E-state index contributed by atoms with van der Waals surface area (Å²) in [7, 11) is 0. The van der Waals surface area contributed by atoms with Crippen LogP contribution in [0, 0.1) is 5.92 Å². The highest BCUT2D eigenvalue weighted by Crippen LogP contribution is 2.18. The van der Waals surface area contributed by atoms with E-state index >= 15 is 0 Å². The van der Waals surface area contributed by atoms with Crippen LogP contribution in [-0.2, 0) is 4.79 Å². The number of nitrogens with zero attached hydrogens (tertiary/aromatic N) is 1. The SMILES string of the molecule is CCN1CCCC(CC(=O)O)C1. The van der Waals surface area contributed by atoms with Crippen LogP contribution in [0.4, 0.5) is 0 Å². The van der Waals surface area contributed by atoms with Crippen molar-refractivity contribution in [3.05, 3.63) is 0 Å². The lowest BCUT2D eigenvalue weighted by Crippen LogP contribution is -2.35. The highest BCUT2D eigenvalue weighted by Gasteiger charge is 2.20. The highest BCUT2D eigenvalue weighted by molar-refractivity contribution is 5.67. The van der Waals surface area contributed by atoms with Crippen molar-refractivity contribution in [3.8, 4) is 0 Å². The van der Waals surface area contributed by atoms with E-state index in [0.29, 0.717) is 12.3 Å². The number of rotatable bonds is 3. The summed E-state index contributed by atoms with van der Waals surface area (Å²) in [6, 6.07) is 0. The number of carboxylic acids is 1. The number of aliphatic carboxylic acids is 1. The van der Waals surface area contributed by atoms with Crippen LogP contribution in [0.5, 0.6) is 0 Å². The van der Waals surface area contributed by atoms with Crippen LogP contribution in [-0.4, -0.2) is 35.6 Å². The molecule has 1 rings (SSSR count). The molecule has 0 aromatic rings. The third kappa shape index (κ3) is 2.81. The van der Waals surface area contributed by atoms with E-state index in [0.717, 1.165) is 32.5 Å². The average Bonchev–Trinajstić information content (AvgIpc) is 2.03. The van der Waals surface area contributed by atoms with Gasteiger partial charge in [-0.25, -0.2) is 0 Å². The van der Waals surface area contributed by atoms with Gasteiger partial charge in [0.1, 0.15) is 0 Å². The Morgan fingerprint density at radius 3 is 3.00 bits per heavy atom. The molecule has 0 aromatic heterocycles. The van der Waals surface area contributed by atoms with E-state index in [1.807, 2.05) is 0 Å². The van der Waals surface area contributed by atoms with Crippen molar-refractivity contribution in [1.29, 1.82) is 0 Å². The minimum atomic E-state index is -0.655. The zero-order chi connectivity index (χ0) is 8.97. The van der Waals surface area contributed by atoms with Gasteiger partial charge in [0.05, 0.1) is 0 Å². The van der Waals surface area contributed by atoms with Gasteiger partial charge in [-0.2, -0.15) is 0 Å². The van der Waals surface area contributed by atoms with Crippen molar-refractivity contribution in [2.24, 2.45) is 5.92 Å². The lowest BCUT2D eigenvalue weighted by atomic mass is 9.95. The fourth-order valence-electron chi connectivity index (χ4n) is 1.85. The van der Waals surface area contributed by atoms with Crippen molar-refractivity contribution in [3.63, 3.8) is 0 Å². The quantitative estimate of drug-likeness (QED) is 0.693. The van der Waals surface area contributed by atoms with E-state index in [9.17, 15) is 4.79 Å². The Hall–Kier alpha value is -0.570. The first kappa shape index (κ1) is 9.52. The molecule has 1 saturated heterocycles. The molecule has 3 heteroatoms. The number of likely N-dealkylation sites (tertiary alicyclic amines) is 1. The molecule has 1 heterocycles. The first-order valence-electron chi connectivity index (χ1n) is 4.66.